The fourth-order valence-electron chi connectivity index (χ4n) is 1.95. The quantitative estimate of drug-likeness (QED) is 0.634. The first-order valence-electron chi connectivity index (χ1n) is 5.71. The summed E-state index contributed by atoms with van der Waals surface area (Å²) in [4.78, 5) is 25.9. The van der Waals surface area contributed by atoms with Gasteiger partial charge in [0.15, 0.2) is 0 Å². The van der Waals surface area contributed by atoms with Crippen molar-refractivity contribution in [2.45, 2.75) is 18.6 Å². The first-order valence-corrected chi connectivity index (χ1v) is 5.71. The Morgan fingerprint density at radius 1 is 1.50 bits per heavy atom. The van der Waals surface area contributed by atoms with Crippen molar-refractivity contribution in [1.82, 2.24) is 15.1 Å². The third kappa shape index (κ3) is 3.13. The molecule has 0 spiro atoms. The summed E-state index contributed by atoms with van der Waals surface area (Å²) in [5.41, 5.74) is 0. The Morgan fingerprint density at radius 3 is 2.83 bits per heavy atom. The Morgan fingerprint density at radius 2 is 2.28 bits per heavy atom. The molecule has 0 bridgehead atoms. The van der Waals surface area contributed by atoms with E-state index in [4.69, 9.17) is 9.84 Å². The highest BCUT2D eigenvalue weighted by Crippen LogP contribution is 2.12. The van der Waals surface area contributed by atoms with Crippen LogP contribution in [0.25, 0.3) is 0 Å². The minimum atomic E-state index is -0.911. The minimum absolute atomic E-state index is 0.134. The normalized spacial score (nSPS) is 26.7. The van der Waals surface area contributed by atoms with Gasteiger partial charge in [-0.1, -0.05) is 0 Å². The highest BCUT2D eigenvalue weighted by atomic mass is 16.5. The van der Waals surface area contributed by atoms with E-state index < -0.39 is 12.0 Å². The second-order valence-electron chi connectivity index (χ2n) is 4.40. The van der Waals surface area contributed by atoms with Gasteiger partial charge in [-0.3, -0.25) is 9.59 Å². The monoisotopic (exact) mass is 254 g/mol. The van der Waals surface area contributed by atoms with Gasteiger partial charge in [-0.25, -0.2) is 0 Å². The van der Waals surface area contributed by atoms with Gasteiger partial charge in [-0.2, -0.15) is 0 Å². The van der Waals surface area contributed by atoms with Crippen molar-refractivity contribution in [2.24, 2.45) is 0 Å². The van der Waals surface area contributed by atoms with E-state index in [2.05, 4.69) is 5.32 Å². The number of aliphatic carboxylic acids is 1. The Bertz CT molecular complexity index is 371. The van der Waals surface area contributed by atoms with Crippen LogP contribution in [0.3, 0.4) is 0 Å². The number of carboxylic acid groups (broad SMARTS) is 1. The molecule has 2 aliphatic rings. The van der Waals surface area contributed by atoms with Gasteiger partial charge in [0, 0.05) is 32.4 Å². The first kappa shape index (κ1) is 12.7. The van der Waals surface area contributed by atoms with Gasteiger partial charge in [0.05, 0.1) is 0 Å². The number of ether oxygens (including phenoxy) is 1. The molecule has 0 saturated carbocycles. The fourth-order valence-corrected chi connectivity index (χ4v) is 1.95. The van der Waals surface area contributed by atoms with E-state index in [-0.39, 0.29) is 18.6 Å². The molecule has 18 heavy (non-hydrogen) atoms. The van der Waals surface area contributed by atoms with Crippen molar-refractivity contribution in [2.75, 3.05) is 20.1 Å². The molecule has 2 N–H and O–H groups in total. The van der Waals surface area contributed by atoms with Crippen molar-refractivity contribution in [3.05, 3.63) is 19.1 Å². The highest BCUT2D eigenvalue weighted by molar-refractivity contribution is 5.75. The molecular formula is C11H16N3O4. The van der Waals surface area contributed by atoms with Crippen LogP contribution in [0.5, 0.6) is 0 Å². The van der Waals surface area contributed by atoms with Gasteiger partial charge in [-0.05, 0) is 0 Å². The maximum atomic E-state index is 11.6. The lowest BCUT2D eigenvalue weighted by Gasteiger charge is -2.17. The second-order valence-corrected chi connectivity index (χ2v) is 4.40. The van der Waals surface area contributed by atoms with Crippen LogP contribution in [0, 0.1) is 6.67 Å². The molecule has 7 heteroatoms. The molecule has 0 aromatic heterocycles. The van der Waals surface area contributed by atoms with Crippen molar-refractivity contribution < 1.29 is 19.4 Å². The van der Waals surface area contributed by atoms with Crippen LogP contribution in [0.2, 0.25) is 0 Å². The highest BCUT2D eigenvalue weighted by Gasteiger charge is 2.31. The van der Waals surface area contributed by atoms with E-state index in [1.165, 1.54) is 0 Å². The van der Waals surface area contributed by atoms with E-state index in [1.54, 1.807) is 17.8 Å². The Balaban J connectivity index is 1.72. The minimum Gasteiger partial charge on any atom is -0.480 e. The van der Waals surface area contributed by atoms with Crippen molar-refractivity contribution in [1.29, 1.82) is 0 Å². The van der Waals surface area contributed by atoms with Crippen LogP contribution in [-0.2, 0) is 14.3 Å². The number of nitrogens with one attached hydrogen (secondary N) is 1. The SMILES string of the molecule is CN1[CH]N(CC(=O)O[C@@H]2CN[C@H](C(=O)O)C2)C=C1. The first-order chi connectivity index (χ1) is 8.54. The van der Waals surface area contributed by atoms with E-state index in [0.29, 0.717) is 13.0 Å². The van der Waals surface area contributed by atoms with Crippen molar-refractivity contribution in [3.63, 3.8) is 0 Å². The standard InChI is InChI=1S/C11H16N3O4/c1-13-2-3-14(7-13)6-10(15)18-8-4-9(11(16)17)12-5-8/h2-3,7-9,12H,4-6H2,1H3,(H,16,17)/t8-,9-/m0/s1. The van der Waals surface area contributed by atoms with E-state index in [9.17, 15) is 9.59 Å². The summed E-state index contributed by atoms with van der Waals surface area (Å²) < 4.78 is 5.21. The fraction of sp³-hybridized carbons (Fsp3) is 0.545. The Labute approximate surface area is 105 Å². The Kier molecular flexibility index (Phi) is 3.71. The molecule has 1 radical (unpaired) electrons. The molecule has 0 unspecified atom stereocenters. The summed E-state index contributed by atoms with van der Waals surface area (Å²) in [6.45, 7) is 2.30. The molecule has 2 aliphatic heterocycles. The van der Waals surface area contributed by atoms with Crippen molar-refractivity contribution >= 4 is 11.9 Å². The molecule has 0 amide bonds. The number of rotatable bonds is 4. The molecule has 2 heterocycles. The average molecular weight is 254 g/mol. The zero-order valence-electron chi connectivity index (χ0n) is 10.1. The zero-order valence-corrected chi connectivity index (χ0v) is 10.1. The number of hydrogen-bond donors (Lipinski definition) is 2. The van der Waals surface area contributed by atoms with Gasteiger partial charge < -0.3 is 25.0 Å². The zero-order chi connectivity index (χ0) is 13.1. The number of carboxylic acids is 1. The molecule has 1 fully saturated rings. The maximum Gasteiger partial charge on any atom is 0.325 e. The second kappa shape index (κ2) is 5.26. The molecule has 7 nitrogen and oxygen atoms in total. The van der Waals surface area contributed by atoms with Gasteiger partial charge in [0.1, 0.15) is 25.4 Å². The molecule has 0 aliphatic carbocycles. The number of hydrogen-bond acceptors (Lipinski definition) is 6. The van der Waals surface area contributed by atoms with Crippen LogP contribution in [0.15, 0.2) is 12.4 Å². The molecular weight excluding hydrogens is 238 g/mol. The summed E-state index contributed by atoms with van der Waals surface area (Å²) in [5.74, 6) is -1.27. The number of carbonyl (C=O) groups is 2. The topological polar surface area (TPSA) is 82.1 Å². The molecule has 99 valence electrons. The van der Waals surface area contributed by atoms with Gasteiger partial charge >= 0.3 is 11.9 Å². The number of carbonyl (C=O) groups excluding carboxylic acids is 1. The largest absolute Gasteiger partial charge is 0.480 e. The van der Waals surface area contributed by atoms with Crippen molar-refractivity contribution in [3.8, 4) is 0 Å². The third-order valence-electron chi connectivity index (χ3n) is 2.82. The van der Waals surface area contributed by atoms with Crippen LogP contribution in [0.4, 0.5) is 0 Å². The van der Waals surface area contributed by atoms with Gasteiger partial charge in [-0.15, -0.1) is 0 Å². The third-order valence-corrected chi connectivity index (χ3v) is 2.82. The lowest BCUT2D eigenvalue weighted by molar-refractivity contribution is -0.149. The molecule has 1 saturated heterocycles. The van der Waals surface area contributed by atoms with E-state index in [1.807, 2.05) is 18.1 Å². The van der Waals surface area contributed by atoms with Gasteiger partial charge in [0.2, 0.25) is 0 Å². The van der Waals surface area contributed by atoms with Crippen LogP contribution in [-0.4, -0.2) is 59.1 Å². The summed E-state index contributed by atoms with van der Waals surface area (Å²) in [6, 6.07) is -0.618. The number of nitrogens with zero attached hydrogens (tertiary/aromatic N) is 2. The lowest BCUT2D eigenvalue weighted by Crippen LogP contribution is -2.30. The molecule has 2 atom stereocenters. The predicted molar refractivity (Wildman–Crippen MR) is 61.8 cm³/mol. The van der Waals surface area contributed by atoms with Crippen LogP contribution < -0.4 is 5.32 Å². The predicted octanol–water partition coefficient (Wildman–Crippen LogP) is -0.817. The maximum absolute atomic E-state index is 11.6. The van der Waals surface area contributed by atoms with Crippen LogP contribution in [0.1, 0.15) is 6.42 Å². The number of esters is 1. The van der Waals surface area contributed by atoms with Gasteiger partial charge in [0.25, 0.3) is 0 Å². The Hall–Kier alpha value is -1.76. The smallest absolute Gasteiger partial charge is 0.325 e. The molecule has 0 aromatic carbocycles. The lowest BCUT2D eigenvalue weighted by atomic mass is 10.2. The van der Waals surface area contributed by atoms with Crippen LogP contribution >= 0.6 is 0 Å². The molecule has 2 rings (SSSR count). The summed E-state index contributed by atoms with van der Waals surface area (Å²) in [5, 5.41) is 11.6. The van der Waals surface area contributed by atoms with E-state index >= 15 is 0 Å². The summed E-state index contributed by atoms with van der Waals surface area (Å²) in [6.07, 6.45) is 3.56. The molecule has 0 aromatic rings. The summed E-state index contributed by atoms with van der Waals surface area (Å²) >= 11 is 0. The summed E-state index contributed by atoms with van der Waals surface area (Å²) in [7, 11) is 1.86. The van der Waals surface area contributed by atoms with E-state index in [0.717, 1.165) is 0 Å². The average Bonchev–Trinajstić information content (AvgIpc) is 2.88.